The Labute approximate surface area is 150 Å². The van der Waals surface area contributed by atoms with Gasteiger partial charge in [0.05, 0.1) is 5.69 Å². The van der Waals surface area contributed by atoms with Crippen LogP contribution in [0, 0.1) is 11.3 Å². The van der Waals surface area contributed by atoms with E-state index in [0.29, 0.717) is 17.3 Å². The molecule has 1 heterocycles. The molecule has 3 rings (SSSR count). The molecule has 126 valence electrons. The van der Waals surface area contributed by atoms with Gasteiger partial charge in [0.2, 0.25) is 0 Å². The number of para-hydroxylation sites is 1. The monoisotopic (exact) mass is 353 g/mol. The number of anilines is 2. The number of amides is 1. The van der Waals surface area contributed by atoms with Crippen molar-refractivity contribution < 1.29 is 9.90 Å². The molecule has 2 N–H and O–H groups in total. The smallest absolute Gasteiger partial charge is 0.270 e. The molecule has 0 aliphatic carbocycles. The van der Waals surface area contributed by atoms with Gasteiger partial charge in [-0.3, -0.25) is 4.79 Å². The maximum atomic E-state index is 12.8. The summed E-state index contributed by atoms with van der Waals surface area (Å²) in [5.74, 6) is -0.391. The largest absolute Gasteiger partial charge is 0.506 e. The number of aromatic hydroxyl groups is 1. The molecule has 0 spiro atoms. The first-order valence-electron chi connectivity index (χ1n) is 7.85. The van der Waals surface area contributed by atoms with Crippen LogP contribution in [-0.4, -0.2) is 17.6 Å². The Kier molecular flexibility index (Phi) is 4.92. The number of benzene rings is 2. The number of phenols is 1. The van der Waals surface area contributed by atoms with Gasteiger partial charge in [-0.25, -0.2) is 0 Å². The molecule has 1 aliphatic heterocycles. The number of hydrogen-bond donors (Lipinski definition) is 2. The van der Waals surface area contributed by atoms with E-state index >= 15 is 0 Å². The average Bonchev–Trinajstić information content (AvgIpc) is 2.64. The summed E-state index contributed by atoms with van der Waals surface area (Å²) in [5, 5.41) is 22.4. The van der Waals surface area contributed by atoms with Gasteiger partial charge in [0, 0.05) is 23.5 Å². The molecule has 0 saturated carbocycles. The van der Waals surface area contributed by atoms with Gasteiger partial charge in [-0.15, -0.1) is 0 Å². The molecule has 0 aromatic heterocycles. The van der Waals surface area contributed by atoms with E-state index in [9.17, 15) is 15.2 Å². The van der Waals surface area contributed by atoms with E-state index in [4.69, 9.17) is 11.6 Å². The van der Waals surface area contributed by atoms with Gasteiger partial charge < -0.3 is 15.3 Å². The lowest BCUT2D eigenvalue weighted by Gasteiger charge is -2.29. The second-order valence-electron chi connectivity index (χ2n) is 5.66. The number of fused-ring (bicyclic) bond motifs is 1. The maximum absolute atomic E-state index is 12.8. The molecule has 0 radical (unpaired) electrons. The fraction of sp³-hybridized carbons (Fsp3) is 0.158. The van der Waals surface area contributed by atoms with Crippen LogP contribution in [0.5, 0.6) is 5.75 Å². The van der Waals surface area contributed by atoms with Crippen LogP contribution in [0.15, 0.2) is 54.2 Å². The van der Waals surface area contributed by atoms with E-state index in [0.717, 1.165) is 24.1 Å². The Morgan fingerprint density at radius 3 is 2.92 bits per heavy atom. The maximum Gasteiger partial charge on any atom is 0.270 e. The lowest BCUT2D eigenvalue weighted by Crippen LogP contribution is -2.36. The zero-order valence-corrected chi connectivity index (χ0v) is 14.1. The Morgan fingerprint density at radius 2 is 2.12 bits per heavy atom. The topological polar surface area (TPSA) is 76.4 Å². The number of halogens is 1. The van der Waals surface area contributed by atoms with E-state index < -0.39 is 0 Å². The molecule has 0 atom stereocenters. The Bertz CT molecular complexity index is 886. The van der Waals surface area contributed by atoms with E-state index in [1.807, 2.05) is 30.3 Å². The summed E-state index contributed by atoms with van der Waals surface area (Å²) in [5.41, 5.74) is 2.22. The van der Waals surface area contributed by atoms with E-state index in [1.165, 1.54) is 18.3 Å². The first kappa shape index (κ1) is 16.9. The minimum atomic E-state index is -0.372. The van der Waals surface area contributed by atoms with Gasteiger partial charge in [-0.05, 0) is 42.7 Å². The summed E-state index contributed by atoms with van der Waals surface area (Å²) in [7, 11) is 0. The molecule has 2 aromatic carbocycles. The predicted octanol–water partition coefficient (Wildman–Crippen LogP) is 3.84. The zero-order valence-electron chi connectivity index (χ0n) is 13.4. The third kappa shape index (κ3) is 3.59. The number of nitriles is 1. The van der Waals surface area contributed by atoms with Crippen LogP contribution in [0.25, 0.3) is 0 Å². The number of phenolic OH excluding ortho intramolecular Hbond substituents is 1. The Balaban J connectivity index is 1.85. The lowest BCUT2D eigenvalue weighted by molar-refractivity contribution is -0.114. The number of carbonyl (C=O) groups is 1. The van der Waals surface area contributed by atoms with Crippen LogP contribution in [0.1, 0.15) is 12.0 Å². The van der Waals surface area contributed by atoms with Crippen molar-refractivity contribution in [2.45, 2.75) is 12.8 Å². The minimum Gasteiger partial charge on any atom is -0.506 e. The summed E-state index contributed by atoms with van der Waals surface area (Å²) in [6.07, 6.45) is 3.06. The van der Waals surface area contributed by atoms with Gasteiger partial charge in [-0.2, -0.15) is 5.26 Å². The van der Waals surface area contributed by atoms with Crippen molar-refractivity contribution in [2.24, 2.45) is 0 Å². The van der Waals surface area contributed by atoms with Crippen molar-refractivity contribution >= 4 is 28.9 Å². The highest BCUT2D eigenvalue weighted by atomic mass is 35.5. The Morgan fingerprint density at radius 1 is 1.32 bits per heavy atom. The van der Waals surface area contributed by atoms with E-state index in [1.54, 1.807) is 11.0 Å². The fourth-order valence-corrected chi connectivity index (χ4v) is 2.98. The van der Waals surface area contributed by atoms with Crippen LogP contribution in [-0.2, 0) is 11.2 Å². The molecule has 0 fully saturated rings. The van der Waals surface area contributed by atoms with Gasteiger partial charge in [0.15, 0.2) is 0 Å². The molecule has 2 aromatic rings. The number of hydrogen-bond acceptors (Lipinski definition) is 4. The minimum absolute atomic E-state index is 0.0197. The first-order valence-corrected chi connectivity index (χ1v) is 8.23. The highest BCUT2D eigenvalue weighted by Gasteiger charge is 2.24. The molecule has 6 heteroatoms. The van der Waals surface area contributed by atoms with Crippen molar-refractivity contribution in [3.05, 3.63) is 64.8 Å². The molecule has 25 heavy (non-hydrogen) atoms. The van der Waals surface area contributed by atoms with Crippen molar-refractivity contribution in [2.75, 3.05) is 16.8 Å². The number of nitrogens with zero attached hydrogens (tertiary/aromatic N) is 2. The quantitative estimate of drug-likeness (QED) is 0.499. The van der Waals surface area contributed by atoms with Crippen molar-refractivity contribution in [1.29, 1.82) is 5.26 Å². The second-order valence-corrected chi connectivity index (χ2v) is 6.10. The SMILES string of the molecule is N#C/C(=C/Nc1cc(Cl)ccc1O)C(=O)N1CCCc2ccccc21. The van der Waals surface area contributed by atoms with Gasteiger partial charge in [0.25, 0.3) is 5.91 Å². The normalized spacial score (nSPS) is 13.8. The molecule has 5 nitrogen and oxygen atoms in total. The molecular weight excluding hydrogens is 338 g/mol. The molecule has 0 bridgehead atoms. The summed E-state index contributed by atoms with van der Waals surface area (Å²) in [6.45, 7) is 0.567. The summed E-state index contributed by atoms with van der Waals surface area (Å²) in [6, 6.07) is 14.1. The van der Waals surface area contributed by atoms with Crippen molar-refractivity contribution in [1.82, 2.24) is 0 Å². The van der Waals surface area contributed by atoms with Crippen LogP contribution in [0.3, 0.4) is 0 Å². The zero-order chi connectivity index (χ0) is 17.8. The van der Waals surface area contributed by atoms with Gasteiger partial charge in [0.1, 0.15) is 17.4 Å². The highest BCUT2D eigenvalue weighted by Crippen LogP contribution is 2.29. The first-order chi connectivity index (χ1) is 12.1. The van der Waals surface area contributed by atoms with Gasteiger partial charge >= 0.3 is 0 Å². The summed E-state index contributed by atoms with van der Waals surface area (Å²) in [4.78, 5) is 14.4. The Hall–Kier alpha value is -2.97. The standard InChI is InChI=1S/C19H16ClN3O2/c20-15-7-8-18(24)16(10-15)22-12-14(11-21)19(25)23-9-3-5-13-4-1-2-6-17(13)23/h1-2,4,6-8,10,12,22,24H,3,5,9H2/b14-12-. The number of nitrogens with one attached hydrogen (secondary N) is 1. The average molecular weight is 354 g/mol. The summed E-state index contributed by atoms with van der Waals surface area (Å²) >= 11 is 5.89. The summed E-state index contributed by atoms with van der Waals surface area (Å²) < 4.78 is 0. The fourth-order valence-electron chi connectivity index (χ4n) is 2.81. The molecule has 0 saturated heterocycles. The van der Waals surface area contributed by atoms with E-state index in [-0.39, 0.29) is 17.2 Å². The molecular formula is C19H16ClN3O2. The van der Waals surface area contributed by atoms with Crippen LogP contribution in [0.4, 0.5) is 11.4 Å². The van der Waals surface area contributed by atoms with Crippen LogP contribution >= 0.6 is 11.6 Å². The number of aryl methyl sites for hydroxylation is 1. The van der Waals surface area contributed by atoms with Gasteiger partial charge in [-0.1, -0.05) is 29.8 Å². The van der Waals surface area contributed by atoms with E-state index in [2.05, 4.69) is 5.32 Å². The molecule has 1 amide bonds. The number of carbonyl (C=O) groups excluding carboxylic acids is 1. The second kappa shape index (κ2) is 7.29. The highest BCUT2D eigenvalue weighted by molar-refractivity contribution is 6.30. The predicted molar refractivity (Wildman–Crippen MR) is 97.6 cm³/mol. The van der Waals surface area contributed by atoms with Crippen molar-refractivity contribution in [3.63, 3.8) is 0 Å². The van der Waals surface area contributed by atoms with Crippen LogP contribution < -0.4 is 10.2 Å². The third-order valence-electron chi connectivity index (χ3n) is 4.04. The molecule has 1 aliphatic rings. The van der Waals surface area contributed by atoms with Crippen LogP contribution in [0.2, 0.25) is 5.02 Å². The third-order valence-corrected chi connectivity index (χ3v) is 4.27. The molecule has 0 unspecified atom stereocenters. The van der Waals surface area contributed by atoms with Crippen molar-refractivity contribution in [3.8, 4) is 11.8 Å². The number of rotatable bonds is 3. The lowest BCUT2D eigenvalue weighted by atomic mass is 10.0.